The Morgan fingerprint density at radius 3 is 2.62 bits per heavy atom. The van der Waals surface area contributed by atoms with E-state index >= 15 is 0 Å². The summed E-state index contributed by atoms with van der Waals surface area (Å²) < 4.78 is 40.7. The molecule has 0 spiro atoms. The molecule has 1 aliphatic heterocycles. The molecule has 0 bridgehead atoms. The molecule has 1 aromatic carbocycles. The number of aryl methyl sites for hydroxylation is 1. The number of nitrogens with zero attached hydrogens (tertiary/aromatic N) is 1. The predicted molar refractivity (Wildman–Crippen MR) is 80.7 cm³/mol. The van der Waals surface area contributed by atoms with E-state index in [1.165, 1.54) is 16.4 Å². The molecule has 1 aliphatic rings. The van der Waals surface area contributed by atoms with Gasteiger partial charge in [-0.05, 0) is 42.9 Å². The third kappa shape index (κ3) is 3.12. The van der Waals surface area contributed by atoms with Crippen LogP contribution in [0.3, 0.4) is 0 Å². The topological polar surface area (TPSA) is 63.4 Å². The van der Waals surface area contributed by atoms with Crippen LogP contribution in [0, 0.1) is 24.6 Å². The van der Waals surface area contributed by atoms with Crippen molar-refractivity contribution in [2.75, 3.05) is 13.1 Å². The minimum absolute atomic E-state index is 0.00927. The summed E-state index contributed by atoms with van der Waals surface area (Å²) in [7, 11) is -3.57. The van der Waals surface area contributed by atoms with Crippen LogP contribution >= 0.6 is 0 Å². The molecule has 1 aromatic rings. The molecule has 0 aromatic heterocycles. The zero-order chi connectivity index (χ0) is 15.8. The van der Waals surface area contributed by atoms with Crippen LogP contribution in [0.15, 0.2) is 17.0 Å². The number of sulfonamides is 1. The zero-order valence-electron chi connectivity index (χ0n) is 12.8. The summed E-state index contributed by atoms with van der Waals surface area (Å²) in [4.78, 5) is 0.145. The summed E-state index contributed by atoms with van der Waals surface area (Å²) in [5.74, 6) is 0.424. The third-order valence-corrected chi connectivity index (χ3v) is 6.13. The molecule has 2 N–H and O–H groups in total. The van der Waals surface area contributed by atoms with Gasteiger partial charge in [-0.15, -0.1) is 0 Å². The van der Waals surface area contributed by atoms with Crippen molar-refractivity contribution in [1.29, 1.82) is 0 Å². The highest BCUT2D eigenvalue weighted by Gasteiger charge is 2.34. The summed E-state index contributed by atoms with van der Waals surface area (Å²) in [6, 6.07) is 2.76. The zero-order valence-corrected chi connectivity index (χ0v) is 13.6. The van der Waals surface area contributed by atoms with Crippen LogP contribution in [0.5, 0.6) is 0 Å². The molecule has 0 radical (unpaired) electrons. The molecule has 21 heavy (non-hydrogen) atoms. The number of hydrogen-bond acceptors (Lipinski definition) is 3. The Bertz CT molecular complexity index is 629. The van der Waals surface area contributed by atoms with E-state index in [9.17, 15) is 12.8 Å². The molecule has 1 atom stereocenters. The molecule has 0 aliphatic carbocycles. The maximum Gasteiger partial charge on any atom is 0.243 e. The van der Waals surface area contributed by atoms with Crippen molar-refractivity contribution < 1.29 is 12.8 Å². The van der Waals surface area contributed by atoms with Crippen LogP contribution in [-0.4, -0.2) is 25.8 Å². The molecular formula is C15H23FN2O2S. The van der Waals surface area contributed by atoms with Gasteiger partial charge in [0.2, 0.25) is 10.0 Å². The van der Waals surface area contributed by atoms with Crippen molar-refractivity contribution in [2.24, 2.45) is 17.6 Å². The summed E-state index contributed by atoms with van der Waals surface area (Å²) in [5.41, 5.74) is 6.06. The Balaban J connectivity index is 2.35. The molecule has 1 unspecified atom stereocenters. The van der Waals surface area contributed by atoms with E-state index in [0.29, 0.717) is 30.5 Å². The van der Waals surface area contributed by atoms with Crippen LogP contribution in [-0.2, 0) is 16.6 Å². The lowest BCUT2D eigenvalue weighted by molar-refractivity contribution is 0.388. The van der Waals surface area contributed by atoms with Crippen molar-refractivity contribution >= 4 is 10.0 Å². The van der Waals surface area contributed by atoms with Crippen LogP contribution < -0.4 is 5.73 Å². The molecule has 6 heteroatoms. The number of halogens is 1. The van der Waals surface area contributed by atoms with Gasteiger partial charge in [-0.2, -0.15) is 4.31 Å². The number of rotatable bonds is 4. The SMILES string of the molecule is Cc1cc(S(=O)(=O)N2CCC(C(C)C)C2)cc(CN)c1F. The monoisotopic (exact) mass is 314 g/mol. The molecule has 2 rings (SSSR count). The minimum atomic E-state index is -3.57. The fraction of sp³-hybridized carbons (Fsp3) is 0.600. The van der Waals surface area contributed by atoms with Crippen molar-refractivity contribution in [3.05, 3.63) is 29.1 Å². The van der Waals surface area contributed by atoms with Crippen LogP contribution in [0.4, 0.5) is 4.39 Å². The quantitative estimate of drug-likeness (QED) is 0.927. The standard InChI is InChI=1S/C15H23FN2O2S/c1-10(2)12-4-5-18(9-12)21(19,20)14-6-11(3)15(16)13(7-14)8-17/h6-7,10,12H,4-5,8-9,17H2,1-3H3. The van der Waals surface area contributed by atoms with Crippen molar-refractivity contribution in [3.63, 3.8) is 0 Å². The largest absolute Gasteiger partial charge is 0.326 e. The maximum absolute atomic E-state index is 13.8. The van der Waals surface area contributed by atoms with E-state index in [4.69, 9.17) is 5.73 Å². The van der Waals surface area contributed by atoms with Gasteiger partial charge in [-0.3, -0.25) is 0 Å². The molecule has 1 fully saturated rings. The average molecular weight is 314 g/mol. The number of nitrogens with two attached hydrogens (primary N) is 1. The van der Waals surface area contributed by atoms with Gasteiger partial charge in [-0.1, -0.05) is 13.8 Å². The predicted octanol–water partition coefficient (Wildman–Crippen LogP) is 2.26. The smallest absolute Gasteiger partial charge is 0.243 e. The highest BCUT2D eigenvalue weighted by atomic mass is 32.2. The molecule has 1 saturated heterocycles. The number of benzene rings is 1. The minimum Gasteiger partial charge on any atom is -0.326 e. The molecule has 1 heterocycles. The van der Waals surface area contributed by atoms with E-state index in [2.05, 4.69) is 13.8 Å². The summed E-state index contributed by atoms with van der Waals surface area (Å²) >= 11 is 0. The lowest BCUT2D eigenvalue weighted by Crippen LogP contribution is -2.29. The Hall–Kier alpha value is -0.980. The van der Waals surface area contributed by atoms with E-state index in [-0.39, 0.29) is 17.0 Å². The molecule has 118 valence electrons. The summed E-state index contributed by atoms with van der Waals surface area (Å²) in [5, 5.41) is 0. The van der Waals surface area contributed by atoms with Gasteiger partial charge in [0.25, 0.3) is 0 Å². The van der Waals surface area contributed by atoms with Gasteiger partial charge in [0.15, 0.2) is 0 Å². The van der Waals surface area contributed by atoms with Crippen molar-refractivity contribution in [3.8, 4) is 0 Å². The van der Waals surface area contributed by atoms with Crippen molar-refractivity contribution in [1.82, 2.24) is 4.31 Å². The molecule has 0 saturated carbocycles. The van der Waals surface area contributed by atoms with Crippen LogP contribution in [0.2, 0.25) is 0 Å². The van der Waals surface area contributed by atoms with Crippen LogP contribution in [0.1, 0.15) is 31.4 Å². The van der Waals surface area contributed by atoms with E-state index < -0.39 is 15.8 Å². The van der Waals surface area contributed by atoms with Gasteiger partial charge in [-0.25, -0.2) is 12.8 Å². The lowest BCUT2D eigenvalue weighted by atomic mass is 9.96. The second-order valence-electron chi connectivity index (χ2n) is 6.07. The summed E-state index contributed by atoms with van der Waals surface area (Å²) in [6.07, 6.45) is 0.876. The maximum atomic E-state index is 13.8. The first-order valence-electron chi connectivity index (χ1n) is 7.26. The van der Waals surface area contributed by atoms with Gasteiger partial charge < -0.3 is 5.73 Å². The second kappa shape index (κ2) is 6.02. The first-order valence-corrected chi connectivity index (χ1v) is 8.70. The van der Waals surface area contributed by atoms with Gasteiger partial charge in [0, 0.05) is 25.2 Å². The van der Waals surface area contributed by atoms with Gasteiger partial charge in [0.1, 0.15) is 5.82 Å². The Labute approximate surface area is 126 Å². The highest BCUT2D eigenvalue weighted by Crippen LogP contribution is 2.29. The second-order valence-corrected chi connectivity index (χ2v) is 8.01. The number of hydrogen-bond donors (Lipinski definition) is 1. The Kier molecular flexibility index (Phi) is 4.70. The van der Waals surface area contributed by atoms with Gasteiger partial charge >= 0.3 is 0 Å². The van der Waals surface area contributed by atoms with E-state index in [1.807, 2.05) is 0 Å². The summed E-state index contributed by atoms with van der Waals surface area (Å²) in [6.45, 7) is 6.83. The fourth-order valence-corrected chi connectivity index (χ4v) is 4.42. The molecular weight excluding hydrogens is 291 g/mol. The van der Waals surface area contributed by atoms with Gasteiger partial charge in [0.05, 0.1) is 4.90 Å². The molecule has 0 amide bonds. The normalized spacial score (nSPS) is 20.4. The molecule has 4 nitrogen and oxygen atoms in total. The first-order chi connectivity index (χ1) is 9.77. The van der Waals surface area contributed by atoms with E-state index in [1.54, 1.807) is 6.92 Å². The lowest BCUT2D eigenvalue weighted by Gasteiger charge is -2.19. The Morgan fingerprint density at radius 1 is 1.43 bits per heavy atom. The van der Waals surface area contributed by atoms with E-state index in [0.717, 1.165) is 6.42 Å². The Morgan fingerprint density at radius 2 is 2.10 bits per heavy atom. The average Bonchev–Trinajstić information content (AvgIpc) is 2.92. The fourth-order valence-electron chi connectivity index (χ4n) is 2.77. The van der Waals surface area contributed by atoms with Crippen LogP contribution in [0.25, 0.3) is 0 Å². The third-order valence-electron chi connectivity index (χ3n) is 4.29. The highest BCUT2D eigenvalue weighted by molar-refractivity contribution is 7.89. The van der Waals surface area contributed by atoms with Crippen molar-refractivity contribution in [2.45, 2.75) is 38.6 Å². The first kappa shape index (κ1) is 16.4.